The molecule has 0 saturated heterocycles. The molecule has 0 aliphatic heterocycles. The zero-order valence-corrected chi connectivity index (χ0v) is 14.6. The maximum atomic E-state index is 12.6. The molecule has 0 aliphatic carbocycles. The van der Waals surface area contributed by atoms with Crippen molar-refractivity contribution in [1.82, 2.24) is 20.1 Å². The molecule has 142 valence electrons. The molecule has 1 N–H and O–H groups in total. The number of fused-ring (bicyclic) bond motifs is 1. The molecule has 3 rings (SSSR count). The number of para-hydroxylation sites is 1. The number of aromatic nitrogens is 3. The Balaban J connectivity index is 1.69. The fourth-order valence-corrected chi connectivity index (χ4v) is 2.62. The topological polar surface area (TPSA) is 69.0 Å². The number of pyridine rings is 1. The van der Waals surface area contributed by atoms with Crippen LogP contribution in [0.4, 0.5) is 13.2 Å². The maximum absolute atomic E-state index is 12.6. The number of aryl methyl sites for hydroxylation is 1. The number of benzene rings is 1. The highest BCUT2D eigenvalue weighted by atomic mass is 19.4. The lowest BCUT2D eigenvalue weighted by Crippen LogP contribution is -2.27. The highest BCUT2D eigenvalue weighted by Gasteiger charge is 2.28. The van der Waals surface area contributed by atoms with E-state index in [1.165, 1.54) is 12.3 Å². The highest BCUT2D eigenvalue weighted by molar-refractivity contribution is 6.04. The van der Waals surface area contributed by atoms with E-state index in [4.69, 9.17) is 0 Å². The lowest BCUT2D eigenvalue weighted by atomic mass is 10.1. The Labute approximate surface area is 153 Å². The van der Waals surface area contributed by atoms with Gasteiger partial charge in [0.1, 0.15) is 0 Å². The molecule has 0 fully saturated rings. The van der Waals surface area contributed by atoms with Crippen LogP contribution in [0, 0.1) is 0 Å². The van der Waals surface area contributed by atoms with Gasteiger partial charge in [0.05, 0.1) is 11.6 Å². The van der Waals surface area contributed by atoms with E-state index in [1.807, 2.05) is 24.3 Å². The van der Waals surface area contributed by atoms with Gasteiger partial charge in [0.2, 0.25) is 5.88 Å². The van der Waals surface area contributed by atoms with Crippen LogP contribution in [0.5, 0.6) is 5.88 Å². The van der Waals surface area contributed by atoms with Gasteiger partial charge in [-0.3, -0.25) is 9.48 Å². The van der Waals surface area contributed by atoms with Gasteiger partial charge in [0.25, 0.3) is 5.91 Å². The Hall–Kier alpha value is -3.10. The number of hydrogen-bond donors (Lipinski definition) is 1. The molecule has 0 radical (unpaired) electrons. The molecule has 3 aromatic rings. The predicted molar refractivity (Wildman–Crippen MR) is 92.4 cm³/mol. The summed E-state index contributed by atoms with van der Waals surface area (Å²) in [5.41, 5.74) is 1.77. The number of halogens is 3. The van der Waals surface area contributed by atoms with Gasteiger partial charge in [-0.1, -0.05) is 24.3 Å². The van der Waals surface area contributed by atoms with Crippen LogP contribution in [0.1, 0.15) is 29.0 Å². The monoisotopic (exact) mass is 378 g/mol. The third-order valence-corrected chi connectivity index (χ3v) is 3.96. The van der Waals surface area contributed by atoms with Crippen molar-refractivity contribution in [3.63, 3.8) is 0 Å². The number of carbonyl (C=O) groups excluding carboxylic acids is 1. The molecule has 0 aliphatic rings. The van der Waals surface area contributed by atoms with Crippen LogP contribution in [0.25, 0.3) is 10.9 Å². The van der Waals surface area contributed by atoms with Crippen LogP contribution in [-0.4, -0.2) is 33.5 Å². The van der Waals surface area contributed by atoms with Crippen LogP contribution in [0.2, 0.25) is 0 Å². The molecule has 9 heteroatoms. The Morgan fingerprint density at radius 2 is 2.00 bits per heavy atom. The van der Waals surface area contributed by atoms with Crippen molar-refractivity contribution in [2.75, 3.05) is 6.61 Å². The minimum atomic E-state index is -4.42. The Bertz CT molecular complexity index is 951. The van der Waals surface area contributed by atoms with Gasteiger partial charge in [-0.25, -0.2) is 4.98 Å². The summed E-state index contributed by atoms with van der Waals surface area (Å²) in [6.45, 7) is 0.342. The molecule has 0 spiro atoms. The molecule has 1 atom stereocenters. The first-order valence-electron chi connectivity index (χ1n) is 8.13. The molecule has 0 bridgehead atoms. The summed E-state index contributed by atoms with van der Waals surface area (Å²) in [6, 6.07) is 9.85. The summed E-state index contributed by atoms with van der Waals surface area (Å²) >= 11 is 0. The van der Waals surface area contributed by atoms with Crippen LogP contribution >= 0.6 is 0 Å². The van der Waals surface area contributed by atoms with Crippen molar-refractivity contribution in [2.24, 2.45) is 7.05 Å². The number of amides is 1. The lowest BCUT2D eigenvalue weighted by molar-refractivity contribution is -0.154. The van der Waals surface area contributed by atoms with Crippen molar-refractivity contribution in [3.8, 4) is 5.88 Å². The number of carbonyl (C=O) groups is 1. The SMILES string of the molecule is CC(NC(=O)c1nn(C)c2ccccc12)c1ccc(OCC(F)(F)F)nc1. The zero-order valence-electron chi connectivity index (χ0n) is 14.6. The van der Waals surface area contributed by atoms with Crippen LogP contribution in [0.15, 0.2) is 42.6 Å². The molecule has 0 saturated carbocycles. The average molecular weight is 378 g/mol. The minimum Gasteiger partial charge on any atom is -0.468 e. The van der Waals surface area contributed by atoms with Crippen LogP contribution in [0.3, 0.4) is 0 Å². The predicted octanol–water partition coefficient (Wildman–Crippen LogP) is 3.40. The molecule has 27 heavy (non-hydrogen) atoms. The van der Waals surface area contributed by atoms with Gasteiger partial charge in [-0.05, 0) is 18.6 Å². The maximum Gasteiger partial charge on any atom is 0.422 e. The zero-order chi connectivity index (χ0) is 19.6. The van der Waals surface area contributed by atoms with Crippen molar-refractivity contribution in [3.05, 3.63) is 53.9 Å². The van der Waals surface area contributed by atoms with E-state index >= 15 is 0 Å². The second-order valence-electron chi connectivity index (χ2n) is 6.02. The highest BCUT2D eigenvalue weighted by Crippen LogP contribution is 2.21. The molecular weight excluding hydrogens is 361 g/mol. The molecule has 2 heterocycles. The van der Waals surface area contributed by atoms with Gasteiger partial charge in [0, 0.05) is 24.7 Å². The number of hydrogen-bond acceptors (Lipinski definition) is 4. The van der Waals surface area contributed by atoms with E-state index < -0.39 is 18.8 Å². The fourth-order valence-electron chi connectivity index (χ4n) is 2.62. The molecule has 1 unspecified atom stereocenters. The number of nitrogens with one attached hydrogen (secondary N) is 1. The quantitative estimate of drug-likeness (QED) is 0.739. The first-order chi connectivity index (χ1) is 12.7. The van der Waals surface area contributed by atoms with Gasteiger partial charge < -0.3 is 10.1 Å². The number of alkyl halides is 3. The van der Waals surface area contributed by atoms with E-state index in [0.29, 0.717) is 11.3 Å². The summed E-state index contributed by atoms with van der Waals surface area (Å²) in [4.78, 5) is 16.4. The normalized spacial score (nSPS) is 12.8. The molecule has 1 aromatic carbocycles. The first-order valence-corrected chi connectivity index (χ1v) is 8.13. The largest absolute Gasteiger partial charge is 0.468 e. The molecule has 6 nitrogen and oxygen atoms in total. The average Bonchev–Trinajstić information content (AvgIpc) is 2.97. The number of ether oxygens (including phenoxy) is 1. The van der Waals surface area contributed by atoms with E-state index in [0.717, 1.165) is 10.9 Å². The summed E-state index contributed by atoms with van der Waals surface area (Å²) in [6.07, 6.45) is -3.06. The standard InChI is InChI=1S/C18H17F3N4O2/c1-11(12-7-8-15(22-9-12)27-10-18(19,20)21)23-17(26)16-13-5-3-4-6-14(13)25(2)24-16/h3-9,11H,10H2,1-2H3,(H,23,26). The van der Waals surface area contributed by atoms with E-state index in [2.05, 4.69) is 20.1 Å². The van der Waals surface area contributed by atoms with Gasteiger partial charge in [-0.2, -0.15) is 18.3 Å². The molecule has 2 aromatic heterocycles. The first kappa shape index (κ1) is 18.7. The summed E-state index contributed by atoms with van der Waals surface area (Å²) < 4.78 is 42.7. The molecular formula is C18H17F3N4O2. The fraction of sp³-hybridized carbons (Fsp3) is 0.278. The van der Waals surface area contributed by atoms with Gasteiger partial charge >= 0.3 is 6.18 Å². The third-order valence-electron chi connectivity index (χ3n) is 3.96. The van der Waals surface area contributed by atoms with Crippen molar-refractivity contribution in [2.45, 2.75) is 19.1 Å². The van der Waals surface area contributed by atoms with E-state index in [9.17, 15) is 18.0 Å². The van der Waals surface area contributed by atoms with Crippen LogP contribution in [-0.2, 0) is 7.05 Å². The van der Waals surface area contributed by atoms with E-state index in [1.54, 1.807) is 24.7 Å². The second-order valence-corrected chi connectivity index (χ2v) is 6.02. The third kappa shape index (κ3) is 4.36. The second kappa shape index (κ2) is 7.26. The Kier molecular flexibility index (Phi) is 5.02. The number of nitrogens with zero attached hydrogens (tertiary/aromatic N) is 3. The van der Waals surface area contributed by atoms with Crippen LogP contribution < -0.4 is 10.1 Å². The van der Waals surface area contributed by atoms with Gasteiger partial charge in [-0.15, -0.1) is 0 Å². The minimum absolute atomic E-state index is 0.134. The van der Waals surface area contributed by atoms with E-state index in [-0.39, 0.29) is 11.8 Å². The van der Waals surface area contributed by atoms with Crippen molar-refractivity contribution >= 4 is 16.8 Å². The Morgan fingerprint density at radius 3 is 2.67 bits per heavy atom. The van der Waals surface area contributed by atoms with Crippen molar-refractivity contribution < 1.29 is 22.7 Å². The smallest absolute Gasteiger partial charge is 0.422 e. The Morgan fingerprint density at radius 1 is 1.26 bits per heavy atom. The molecule has 1 amide bonds. The summed E-state index contributed by atoms with van der Waals surface area (Å²) in [5.74, 6) is -0.484. The number of rotatable bonds is 5. The summed E-state index contributed by atoms with van der Waals surface area (Å²) in [7, 11) is 1.76. The van der Waals surface area contributed by atoms with Crippen molar-refractivity contribution in [1.29, 1.82) is 0 Å². The van der Waals surface area contributed by atoms with Gasteiger partial charge in [0.15, 0.2) is 12.3 Å². The lowest BCUT2D eigenvalue weighted by Gasteiger charge is -2.14. The summed E-state index contributed by atoms with van der Waals surface area (Å²) in [5, 5.41) is 7.81.